The SMILES string of the molecule is O=C(NCCCc1ccccc1)C(O)C(CCO)N(Cc1ccccc1)Cc1ccccc1. The van der Waals surface area contributed by atoms with Gasteiger partial charge in [0.05, 0.1) is 0 Å². The normalized spacial score (nSPS) is 12.9. The second-order valence-electron chi connectivity index (χ2n) is 8.28. The lowest BCUT2D eigenvalue weighted by Crippen LogP contribution is -2.50. The van der Waals surface area contributed by atoms with E-state index in [2.05, 4.69) is 22.3 Å². The van der Waals surface area contributed by atoms with Crippen molar-refractivity contribution < 1.29 is 15.0 Å². The number of rotatable bonds is 13. The molecule has 3 aromatic rings. The van der Waals surface area contributed by atoms with Crippen LogP contribution in [0.5, 0.6) is 0 Å². The van der Waals surface area contributed by atoms with E-state index in [1.807, 2.05) is 78.9 Å². The Kier molecular flexibility index (Phi) is 10.1. The zero-order valence-corrected chi connectivity index (χ0v) is 19.0. The summed E-state index contributed by atoms with van der Waals surface area (Å²) in [6.45, 7) is 1.52. The molecule has 0 saturated heterocycles. The fourth-order valence-electron chi connectivity index (χ4n) is 4.03. The van der Waals surface area contributed by atoms with E-state index in [1.165, 1.54) is 5.56 Å². The molecule has 0 spiro atoms. The van der Waals surface area contributed by atoms with Crippen LogP contribution in [0.2, 0.25) is 0 Å². The molecule has 0 radical (unpaired) electrons. The van der Waals surface area contributed by atoms with Gasteiger partial charge in [-0.25, -0.2) is 0 Å². The summed E-state index contributed by atoms with van der Waals surface area (Å²) in [5.74, 6) is -0.396. The van der Waals surface area contributed by atoms with Crippen LogP contribution in [0.15, 0.2) is 91.0 Å². The fraction of sp³-hybridized carbons (Fsp3) is 0.321. The number of hydrogen-bond acceptors (Lipinski definition) is 4. The number of aryl methyl sites for hydroxylation is 1. The van der Waals surface area contributed by atoms with E-state index in [4.69, 9.17) is 0 Å². The zero-order chi connectivity index (χ0) is 23.3. The number of nitrogens with zero attached hydrogens (tertiary/aromatic N) is 1. The number of benzene rings is 3. The molecule has 5 nitrogen and oxygen atoms in total. The molecule has 0 saturated carbocycles. The van der Waals surface area contributed by atoms with Crippen LogP contribution in [0, 0.1) is 0 Å². The van der Waals surface area contributed by atoms with Crippen molar-refractivity contribution in [1.82, 2.24) is 10.2 Å². The van der Waals surface area contributed by atoms with Crippen molar-refractivity contribution in [1.29, 1.82) is 0 Å². The van der Waals surface area contributed by atoms with Crippen LogP contribution >= 0.6 is 0 Å². The Morgan fingerprint density at radius 1 is 0.788 bits per heavy atom. The molecule has 0 fully saturated rings. The fourth-order valence-corrected chi connectivity index (χ4v) is 4.03. The van der Waals surface area contributed by atoms with Gasteiger partial charge in [0.2, 0.25) is 5.91 Å². The lowest BCUT2D eigenvalue weighted by atomic mass is 10.0. The van der Waals surface area contributed by atoms with Gasteiger partial charge in [0, 0.05) is 32.3 Å². The number of hydrogen-bond donors (Lipinski definition) is 3. The van der Waals surface area contributed by atoms with Crippen LogP contribution < -0.4 is 5.32 Å². The van der Waals surface area contributed by atoms with Crippen LogP contribution in [-0.2, 0) is 24.3 Å². The van der Waals surface area contributed by atoms with Crippen molar-refractivity contribution in [3.8, 4) is 0 Å². The molecule has 2 unspecified atom stereocenters. The molecule has 174 valence electrons. The summed E-state index contributed by atoms with van der Waals surface area (Å²) in [6, 6.07) is 29.6. The lowest BCUT2D eigenvalue weighted by molar-refractivity contribution is -0.133. The third-order valence-electron chi connectivity index (χ3n) is 5.77. The number of nitrogens with one attached hydrogen (secondary N) is 1. The number of aliphatic hydroxyl groups is 2. The first-order valence-electron chi connectivity index (χ1n) is 11.6. The summed E-state index contributed by atoms with van der Waals surface area (Å²) in [4.78, 5) is 14.9. The summed E-state index contributed by atoms with van der Waals surface area (Å²) in [5, 5.41) is 23.6. The minimum absolute atomic E-state index is 0.108. The maximum Gasteiger partial charge on any atom is 0.250 e. The Hall–Kier alpha value is -2.99. The highest BCUT2D eigenvalue weighted by Crippen LogP contribution is 2.18. The average Bonchev–Trinajstić information content (AvgIpc) is 2.86. The number of carbonyl (C=O) groups is 1. The second-order valence-corrected chi connectivity index (χ2v) is 8.28. The lowest BCUT2D eigenvalue weighted by Gasteiger charge is -2.34. The third-order valence-corrected chi connectivity index (χ3v) is 5.77. The van der Waals surface area contributed by atoms with E-state index in [9.17, 15) is 15.0 Å². The van der Waals surface area contributed by atoms with E-state index >= 15 is 0 Å². The van der Waals surface area contributed by atoms with Gasteiger partial charge in [-0.05, 0) is 36.0 Å². The van der Waals surface area contributed by atoms with Crippen molar-refractivity contribution in [2.75, 3.05) is 13.2 Å². The summed E-state index contributed by atoms with van der Waals surface area (Å²) >= 11 is 0. The summed E-state index contributed by atoms with van der Waals surface area (Å²) in [6.07, 6.45) is 0.732. The van der Waals surface area contributed by atoms with E-state index < -0.39 is 18.1 Å². The molecule has 3 aromatic carbocycles. The predicted molar refractivity (Wildman–Crippen MR) is 131 cm³/mol. The second kappa shape index (κ2) is 13.5. The van der Waals surface area contributed by atoms with E-state index in [0.29, 0.717) is 26.1 Å². The Morgan fingerprint density at radius 2 is 1.27 bits per heavy atom. The molecule has 0 bridgehead atoms. The van der Waals surface area contributed by atoms with Crippen LogP contribution in [0.1, 0.15) is 29.5 Å². The average molecular weight is 447 g/mol. The first-order valence-corrected chi connectivity index (χ1v) is 11.6. The Morgan fingerprint density at radius 3 is 1.76 bits per heavy atom. The van der Waals surface area contributed by atoms with Crippen LogP contribution in [0.4, 0.5) is 0 Å². The van der Waals surface area contributed by atoms with Gasteiger partial charge in [-0.2, -0.15) is 0 Å². The van der Waals surface area contributed by atoms with Gasteiger partial charge in [-0.1, -0.05) is 91.0 Å². The van der Waals surface area contributed by atoms with Gasteiger partial charge in [0.15, 0.2) is 0 Å². The largest absolute Gasteiger partial charge is 0.396 e. The van der Waals surface area contributed by atoms with E-state index in [-0.39, 0.29) is 6.61 Å². The van der Waals surface area contributed by atoms with E-state index in [0.717, 1.165) is 24.0 Å². The number of carbonyl (C=O) groups excluding carboxylic acids is 1. The quantitative estimate of drug-likeness (QED) is 0.351. The summed E-state index contributed by atoms with van der Waals surface area (Å²) in [5.41, 5.74) is 3.40. The van der Waals surface area contributed by atoms with Gasteiger partial charge in [0.1, 0.15) is 6.10 Å². The molecule has 3 N–H and O–H groups in total. The molecule has 33 heavy (non-hydrogen) atoms. The molecule has 0 aliphatic carbocycles. The third kappa shape index (κ3) is 8.13. The number of aliphatic hydroxyl groups excluding tert-OH is 2. The van der Waals surface area contributed by atoms with Crippen molar-refractivity contribution in [2.24, 2.45) is 0 Å². The van der Waals surface area contributed by atoms with Crippen LogP contribution in [-0.4, -0.2) is 46.3 Å². The van der Waals surface area contributed by atoms with Crippen LogP contribution in [0.3, 0.4) is 0 Å². The Labute approximate surface area is 196 Å². The maximum atomic E-state index is 12.8. The molecule has 3 rings (SSSR count). The molecule has 2 atom stereocenters. The highest BCUT2D eigenvalue weighted by molar-refractivity contribution is 5.81. The highest BCUT2D eigenvalue weighted by Gasteiger charge is 2.31. The Balaban J connectivity index is 1.65. The molecule has 0 aliphatic heterocycles. The maximum absolute atomic E-state index is 12.8. The number of amides is 1. The van der Waals surface area contributed by atoms with Crippen molar-refractivity contribution in [3.05, 3.63) is 108 Å². The Bertz CT molecular complexity index is 894. The standard InChI is InChI=1S/C28H34N2O3/c31-20-18-26(27(32)28(33)29-19-10-17-23-11-4-1-5-12-23)30(21-24-13-6-2-7-14-24)22-25-15-8-3-9-16-25/h1-9,11-16,26-27,31-32H,10,17-22H2,(H,29,33). The minimum atomic E-state index is -1.23. The van der Waals surface area contributed by atoms with Crippen molar-refractivity contribution >= 4 is 5.91 Å². The molecule has 0 aliphatic rings. The molecular weight excluding hydrogens is 412 g/mol. The van der Waals surface area contributed by atoms with Gasteiger partial charge >= 0.3 is 0 Å². The van der Waals surface area contributed by atoms with Gasteiger partial charge in [0.25, 0.3) is 0 Å². The smallest absolute Gasteiger partial charge is 0.250 e. The molecule has 1 amide bonds. The van der Waals surface area contributed by atoms with Crippen molar-refractivity contribution in [2.45, 2.75) is 44.5 Å². The summed E-state index contributed by atoms with van der Waals surface area (Å²) < 4.78 is 0. The molecule has 0 heterocycles. The highest BCUT2D eigenvalue weighted by atomic mass is 16.3. The first kappa shape index (κ1) is 24.6. The first-order chi connectivity index (χ1) is 16.2. The summed E-state index contributed by atoms with van der Waals surface area (Å²) in [7, 11) is 0. The van der Waals surface area contributed by atoms with Crippen LogP contribution in [0.25, 0.3) is 0 Å². The molecule has 5 heteroatoms. The monoisotopic (exact) mass is 446 g/mol. The van der Waals surface area contributed by atoms with E-state index in [1.54, 1.807) is 0 Å². The minimum Gasteiger partial charge on any atom is -0.396 e. The molecular formula is C28H34N2O3. The topological polar surface area (TPSA) is 72.8 Å². The molecule has 0 aromatic heterocycles. The van der Waals surface area contributed by atoms with Crippen molar-refractivity contribution in [3.63, 3.8) is 0 Å². The van der Waals surface area contributed by atoms with Gasteiger partial charge < -0.3 is 15.5 Å². The zero-order valence-electron chi connectivity index (χ0n) is 19.0. The predicted octanol–water partition coefficient (Wildman–Crippen LogP) is 3.55. The van der Waals surface area contributed by atoms with Gasteiger partial charge in [-0.3, -0.25) is 9.69 Å². The van der Waals surface area contributed by atoms with Gasteiger partial charge in [-0.15, -0.1) is 0 Å².